The number of fused-ring (bicyclic) bond motifs is 2. The number of nitrogens with zero attached hydrogens (tertiary/aromatic N) is 7. The second kappa shape index (κ2) is 22.4. The third-order valence-corrected chi connectivity index (χ3v) is 14.5. The number of halogens is 1. The number of likely N-dealkylation sites (N-methyl/N-ethyl adjacent to an activating group) is 3. The molecular weight excluding hydrogens is 972 g/mol. The molecule has 0 bridgehead atoms. The van der Waals surface area contributed by atoms with Crippen molar-refractivity contribution in [2.75, 3.05) is 87.9 Å². The molecular formula is C61H65ClN10O4. The van der Waals surface area contributed by atoms with E-state index in [9.17, 15) is 14.4 Å². The van der Waals surface area contributed by atoms with Crippen LogP contribution in [-0.2, 0) is 20.9 Å². The van der Waals surface area contributed by atoms with E-state index >= 15 is 0 Å². The number of hydrogen-bond acceptors (Lipinski definition) is 10. The number of rotatable bonds is 17. The number of carbonyl (C=O) groups excluding carboxylic acids is 3. The van der Waals surface area contributed by atoms with Gasteiger partial charge >= 0.3 is 5.97 Å². The highest BCUT2D eigenvalue weighted by atomic mass is 35.5. The van der Waals surface area contributed by atoms with E-state index in [1.807, 2.05) is 64.1 Å². The quantitative estimate of drug-likeness (QED) is 0.0595. The fourth-order valence-electron chi connectivity index (χ4n) is 9.85. The number of ether oxygens (including phenoxy) is 1. The van der Waals surface area contributed by atoms with E-state index in [2.05, 4.69) is 136 Å². The second-order valence-electron chi connectivity index (χ2n) is 20.1. The fourth-order valence-corrected chi connectivity index (χ4v) is 9.99. The predicted molar refractivity (Wildman–Crippen MR) is 311 cm³/mol. The number of aryl methyl sites for hydroxylation is 2. The number of anilines is 4. The van der Waals surface area contributed by atoms with Crippen molar-refractivity contribution in [3.05, 3.63) is 156 Å². The number of carbonyl (C=O) groups is 3. The zero-order chi connectivity index (χ0) is 53.9. The molecule has 0 saturated carbocycles. The number of amides is 2. The zero-order valence-corrected chi connectivity index (χ0v) is 45.3. The van der Waals surface area contributed by atoms with Crippen LogP contribution in [0.1, 0.15) is 40.9 Å². The molecule has 4 aromatic heterocycles. The van der Waals surface area contributed by atoms with Crippen LogP contribution in [-0.4, -0.2) is 121 Å². The van der Waals surface area contributed by atoms with E-state index in [0.29, 0.717) is 33.1 Å². The van der Waals surface area contributed by atoms with Gasteiger partial charge in [-0.1, -0.05) is 73.3 Å². The Hall–Kier alpha value is -8.04. The highest BCUT2D eigenvalue weighted by Gasteiger charge is 2.27. The molecule has 3 N–H and O–H groups in total. The number of H-pyrrole nitrogens is 1. The summed E-state index contributed by atoms with van der Waals surface area (Å²) in [5.41, 5.74) is 14.2. The first-order chi connectivity index (χ1) is 36.5. The molecule has 0 spiro atoms. The van der Waals surface area contributed by atoms with Crippen molar-refractivity contribution in [1.29, 1.82) is 0 Å². The van der Waals surface area contributed by atoms with Crippen molar-refractivity contribution in [1.82, 2.24) is 29.3 Å². The lowest BCUT2D eigenvalue weighted by atomic mass is 9.95. The van der Waals surface area contributed by atoms with Crippen LogP contribution in [0.15, 0.2) is 129 Å². The van der Waals surface area contributed by atoms with Gasteiger partial charge in [0.2, 0.25) is 11.8 Å². The number of benzene rings is 4. The van der Waals surface area contributed by atoms with E-state index in [4.69, 9.17) is 26.3 Å². The topological polar surface area (TPSA) is 144 Å². The third-order valence-electron chi connectivity index (χ3n) is 14.1. The van der Waals surface area contributed by atoms with Crippen molar-refractivity contribution >= 4 is 74.2 Å². The van der Waals surface area contributed by atoms with Gasteiger partial charge < -0.3 is 44.5 Å². The lowest BCUT2D eigenvalue weighted by molar-refractivity contribution is -0.112. The second-order valence-corrected chi connectivity index (χ2v) is 20.5. The van der Waals surface area contributed by atoms with Crippen LogP contribution in [0, 0.1) is 13.8 Å². The average Bonchev–Trinajstić information content (AvgIpc) is 4.06. The SMILES string of the molecule is C=CC(=O)Nc1cc(-c2c(-c3ccc(N(C)CCN(C)C)cc3)n(Cc3ccc(-c4c(-c5ccc(N6CCN(C)CC6)cc5)[nH]c5ncc(Cl)c(C)c45)cc3NC(=O)C=C)c3ncc(C(=O)OC(C)C)cc23)ccc1C. The van der Waals surface area contributed by atoms with Crippen LogP contribution in [0.25, 0.3) is 66.8 Å². The summed E-state index contributed by atoms with van der Waals surface area (Å²) in [7, 11) is 8.35. The Labute approximate surface area is 449 Å². The van der Waals surface area contributed by atoms with Gasteiger partial charge in [0.25, 0.3) is 0 Å². The molecule has 1 aliphatic heterocycles. The van der Waals surface area contributed by atoms with E-state index in [1.54, 1.807) is 12.4 Å². The molecule has 15 heteroatoms. The molecule has 5 heterocycles. The monoisotopic (exact) mass is 1040 g/mol. The van der Waals surface area contributed by atoms with Crippen LogP contribution >= 0.6 is 11.6 Å². The Kier molecular flexibility index (Phi) is 15.6. The zero-order valence-electron chi connectivity index (χ0n) is 44.6. The Morgan fingerprint density at radius 3 is 2.08 bits per heavy atom. The summed E-state index contributed by atoms with van der Waals surface area (Å²) in [6.45, 7) is 20.9. The number of pyridine rings is 2. The maximum Gasteiger partial charge on any atom is 0.339 e. The molecule has 1 saturated heterocycles. The van der Waals surface area contributed by atoms with Gasteiger partial charge in [0.1, 0.15) is 11.3 Å². The first-order valence-corrected chi connectivity index (χ1v) is 25.9. The van der Waals surface area contributed by atoms with Crippen molar-refractivity contribution in [3.8, 4) is 44.8 Å². The van der Waals surface area contributed by atoms with Crippen molar-refractivity contribution in [2.45, 2.75) is 40.3 Å². The Balaban J connectivity index is 1.25. The van der Waals surface area contributed by atoms with E-state index in [-0.39, 0.29) is 30.0 Å². The molecule has 0 atom stereocenters. The van der Waals surface area contributed by atoms with Gasteiger partial charge in [-0.15, -0.1) is 0 Å². The molecule has 76 heavy (non-hydrogen) atoms. The molecule has 4 aromatic carbocycles. The Morgan fingerprint density at radius 2 is 1.41 bits per heavy atom. The number of nitrogens with one attached hydrogen (secondary N) is 3. The van der Waals surface area contributed by atoms with Gasteiger partial charge in [-0.25, -0.2) is 14.8 Å². The smallest absolute Gasteiger partial charge is 0.339 e. The standard InChI is InChI=1S/C61H65ClN10O4/c1-11-52(73)65-50-32-42(14-13-38(50)5)55-48-31-45(61(75)76-37(3)4)34-64-60(48)72(58(55)41-19-21-46(22-20-41)70(10)28-25-68(7)8)36-44-16-15-43(33-51(44)66-53(74)12-2)56-54-39(6)49(62)35-63-59(54)67-57(56)40-17-23-47(24-18-40)71-29-26-69(9)27-30-71/h11-24,31-35,37H,1-2,25-30,36H2,3-10H3,(H,63,67)(H,65,73)(H,66,74). The molecule has 0 aliphatic carbocycles. The van der Waals surface area contributed by atoms with Gasteiger partial charge in [0, 0.05) is 103 Å². The van der Waals surface area contributed by atoms with Crippen molar-refractivity contribution < 1.29 is 19.1 Å². The first-order valence-electron chi connectivity index (χ1n) is 25.5. The number of aromatic nitrogens is 4. The Morgan fingerprint density at radius 1 is 0.776 bits per heavy atom. The van der Waals surface area contributed by atoms with Gasteiger partial charge in [0.15, 0.2) is 0 Å². The summed E-state index contributed by atoms with van der Waals surface area (Å²) in [6.07, 6.45) is 5.36. The minimum atomic E-state index is -0.503. The number of piperazine rings is 1. The minimum absolute atomic E-state index is 0.221. The lowest BCUT2D eigenvalue weighted by Gasteiger charge is -2.34. The number of hydrogen-bond donors (Lipinski definition) is 3. The van der Waals surface area contributed by atoms with Crippen LogP contribution in [0.3, 0.4) is 0 Å². The summed E-state index contributed by atoms with van der Waals surface area (Å²) in [5.74, 6) is -1.23. The third kappa shape index (κ3) is 11.0. The van der Waals surface area contributed by atoms with Crippen LogP contribution in [0.5, 0.6) is 0 Å². The summed E-state index contributed by atoms with van der Waals surface area (Å²) in [4.78, 5) is 62.7. The van der Waals surface area contributed by atoms with E-state index in [0.717, 1.165) is 117 Å². The molecule has 0 unspecified atom stereocenters. The first kappa shape index (κ1) is 52.8. The normalized spacial score (nSPS) is 12.9. The average molecular weight is 1040 g/mol. The van der Waals surface area contributed by atoms with E-state index < -0.39 is 5.97 Å². The fraction of sp³-hybridized carbons (Fsp3) is 0.262. The van der Waals surface area contributed by atoms with Gasteiger partial charge in [-0.3, -0.25) is 9.59 Å². The molecule has 2 amide bonds. The predicted octanol–water partition coefficient (Wildman–Crippen LogP) is 11.5. The molecule has 9 rings (SSSR count). The van der Waals surface area contributed by atoms with Gasteiger partial charge in [-0.05, 0) is 142 Å². The molecule has 14 nitrogen and oxygen atoms in total. The largest absolute Gasteiger partial charge is 0.459 e. The summed E-state index contributed by atoms with van der Waals surface area (Å²) in [5, 5.41) is 8.23. The number of esters is 1. The highest BCUT2D eigenvalue weighted by Crippen LogP contribution is 2.45. The van der Waals surface area contributed by atoms with Crippen LogP contribution in [0.4, 0.5) is 22.7 Å². The van der Waals surface area contributed by atoms with Gasteiger partial charge in [0.05, 0.1) is 34.6 Å². The lowest BCUT2D eigenvalue weighted by Crippen LogP contribution is -2.44. The molecule has 390 valence electrons. The maximum atomic E-state index is 13.7. The molecule has 1 aliphatic rings. The van der Waals surface area contributed by atoms with Gasteiger partial charge in [-0.2, -0.15) is 0 Å². The summed E-state index contributed by atoms with van der Waals surface area (Å²) in [6, 6.07) is 30.9. The van der Waals surface area contributed by atoms with Crippen molar-refractivity contribution in [2.24, 2.45) is 0 Å². The highest BCUT2D eigenvalue weighted by molar-refractivity contribution is 6.32. The Bertz CT molecular complexity index is 3520. The molecule has 1 fully saturated rings. The van der Waals surface area contributed by atoms with Crippen molar-refractivity contribution in [3.63, 3.8) is 0 Å². The minimum Gasteiger partial charge on any atom is -0.459 e. The summed E-state index contributed by atoms with van der Waals surface area (Å²) < 4.78 is 7.83. The van der Waals surface area contributed by atoms with E-state index in [1.165, 1.54) is 12.2 Å². The molecule has 8 aromatic rings. The van der Waals surface area contributed by atoms with Crippen LogP contribution in [0.2, 0.25) is 5.02 Å². The molecule has 0 radical (unpaired) electrons. The summed E-state index contributed by atoms with van der Waals surface area (Å²) >= 11 is 6.84. The van der Waals surface area contributed by atoms with Crippen LogP contribution < -0.4 is 20.4 Å². The number of aromatic amines is 1. The maximum absolute atomic E-state index is 13.7.